The first kappa shape index (κ1) is 17.7. The smallest absolute Gasteiger partial charge is 0.319 e. The van der Waals surface area contributed by atoms with E-state index in [1.165, 1.54) is 0 Å². The van der Waals surface area contributed by atoms with Crippen LogP contribution in [0.4, 0.5) is 10.5 Å². The van der Waals surface area contributed by atoms with Gasteiger partial charge in [0.25, 0.3) is 5.91 Å². The fourth-order valence-corrected chi connectivity index (χ4v) is 3.79. The number of para-hydroxylation sites is 1. The van der Waals surface area contributed by atoms with Gasteiger partial charge >= 0.3 is 6.03 Å². The zero-order chi connectivity index (χ0) is 17.8. The summed E-state index contributed by atoms with van der Waals surface area (Å²) in [5, 5.41) is 9.06. The van der Waals surface area contributed by atoms with Crippen LogP contribution in [0.3, 0.4) is 0 Å². The number of anilines is 1. The highest BCUT2D eigenvalue weighted by molar-refractivity contribution is 6.03. The number of nitrogens with one attached hydrogen (secondary N) is 3. The van der Waals surface area contributed by atoms with Gasteiger partial charge in [-0.3, -0.25) is 4.79 Å². The molecule has 1 aromatic rings. The average molecular weight is 344 g/mol. The van der Waals surface area contributed by atoms with Crippen molar-refractivity contribution in [1.82, 2.24) is 15.5 Å². The molecule has 6 heteroatoms. The van der Waals surface area contributed by atoms with Gasteiger partial charge in [-0.1, -0.05) is 12.1 Å². The molecule has 0 unspecified atom stereocenters. The van der Waals surface area contributed by atoms with Gasteiger partial charge in [-0.25, -0.2) is 4.79 Å². The van der Waals surface area contributed by atoms with Crippen LogP contribution in [-0.2, 0) is 0 Å². The number of carbonyl (C=O) groups excluding carboxylic acids is 2. The molecular formula is C19H28N4O2. The van der Waals surface area contributed by atoms with Crippen LogP contribution in [0.1, 0.15) is 37.0 Å². The molecule has 0 aliphatic carbocycles. The molecule has 1 aromatic carbocycles. The monoisotopic (exact) mass is 344 g/mol. The lowest BCUT2D eigenvalue weighted by Gasteiger charge is -2.22. The molecule has 2 saturated heterocycles. The lowest BCUT2D eigenvalue weighted by atomic mass is 9.92. The van der Waals surface area contributed by atoms with Crippen molar-refractivity contribution < 1.29 is 9.59 Å². The number of benzene rings is 1. The van der Waals surface area contributed by atoms with E-state index in [9.17, 15) is 9.59 Å². The number of carbonyl (C=O) groups is 2. The quantitative estimate of drug-likeness (QED) is 0.788. The van der Waals surface area contributed by atoms with Crippen LogP contribution >= 0.6 is 0 Å². The van der Waals surface area contributed by atoms with E-state index in [4.69, 9.17) is 0 Å². The first-order valence-corrected chi connectivity index (χ1v) is 9.21. The Balaban J connectivity index is 1.70. The van der Waals surface area contributed by atoms with Crippen molar-refractivity contribution >= 4 is 17.6 Å². The van der Waals surface area contributed by atoms with Gasteiger partial charge in [-0.05, 0) is 63.7 Å². The highest BCUT2D eigenvalue weighted by Crippen LogP contribution is 2.28. The molecule has 136 valence electrons. The summed E-state index contributed by atoms with van der Waals surface area (Å²) >= 11 is 0. The third kappa shape index (κ3) is 4.31. The lowest BCUT2D eigenvalue weighted by Crippen LogP contribution is -2.36. The Kier molecular flexibility index (Phi) is 5.58. The minimum atomic E-state index is -0.285. The molecular weight excluding hydrogens is 316 g/mol. The van der Waals surface area contributed by atoms with Crippen LogP contribution in [0.5, 0.6) is 0 Å². The summed E-state index contributed by atoms with van der Waals surface area (Å²) in [6.45, 7) is 7.52. The summed E-state index contributed by atoms with van der Waals surface area (Å²) in [5.74, 6) is 1.37. The average Bonchev–Trinajstić information content (AvgIpc) is 2.92. The molecule has 2 fully saturated rings. The van der Waals surface area contributed by atoms with E-state index in [0.29, 0.717) is 23.1 Å². The van der Waals surface area contributed by atoms with Crippen molar-refractivity contribution in [3.05, 3.63) is 29.8 Å². The second-order valence-electron chi connectivity index (χ2n) is 7.35. The summed E-state index contributed by atoms with van der Waals surface area (Å²) in [7, 11) is 0. The van der Waals surface area contributed by atoms with Gasteiger partial charge in [0.2, 0.25) is 0 Å². The predicted octanol–water partition coefficient (Wildman–Crippen LogP) is 2.29. The van der Waals surface area contributed by atoms with E-state index >= 15 is 0 Å². The number of likely N-dealkylation sites (tertiary alicyclic amines) is 1. The molecule has 0 spiro atoms. The van der Waals surface area contributed by atoms with E-state index in [-0.39, 0.29) is 18.0 Å². The second kappa shape index (κ2) is 7.87. The number of nitrogens with zero attached hydrogens (tertiary/aromatic N) is 1. The Hall–Kier alpha value is -2.08. The van der Waals surface area contributed by atoms with Gasteiger partial charge in [-0.15, -0.1) is 0 Å². The van der Waals surface area contributed by atoms with Crippen LogP contribution in [0.15, 0.2) is 24.3 Å². The largest absolute Gasteiger partial charge is 0.339 e. The topological polar surface area (TPSA) is 73.5 Å². The Morgan fingerprint density at radius 2 is 1.76 bits per heavy atom. The minimum absolute atomic E-state index is 0.00776. The highest BCUT2D eigenvalue weighted by atomic mass is 16.2. The Bertz CT molecular complexity index is 618. The maximum Gasteiger partial charge on any atom is 0.319 e. The number of rotatable bonds is 3. The Morgan fingerprint density at radius 3 is 2.40 bits per heavy atom. The van der Waals surface area contributed by atoms with Gasteiger partial charge in [-0.2, -0.15) is 0 Å². The molecule has 0 saturated carbocycles. The molecule has 3 rings (SSSR count). The third-order valence-electron chi connectivity index (χ3n) is 5.13. The normalized spacial score (nSPS) is 23.1. The summed E-state index contributed by atoms with van der Waals surface area (Å²) in [5.41, 5.74) is 1.13. The fourth-order valence-electron chi connectivity index (χ4n) is 3.79. The molecule has 0 bridgehead atoms. The standard InChI is InChI=1S/C19H28N4O2/c1-13(2)21-19(25)22-17-6-4-3-5-16(17)18(24)23-9-7-14-11-20-12-15(14)8-10-23/h3-6,13-15,20H,7-12H2,1-2H3,(H2,21,22,25)/t14-,15+. The van der Waals surface area contributed by atoms with E-state index in [1.807, 2.05) is 30.9 Å². The number of hydrogen-bond acceptors (Lipinski definition) is 3. The molecule has 0 radical (unpaired) electrons. The molecule has 25 heavy (non-hydrogen) atoms. The van der Waals surface area contributed by atoms with E-state index < -0.39 is 0 Å². The predicted molar refractivity (Wildman–Crippen MR) is 98.7 cm³/mol. The van der Waals surface area contributed by atoms with Crippen LogP contribution in [0.2, 0.25) is 0 Å². The zero-order valence-electron chi connectivity index (χ0n) is 15.0. The molecule has 3 amide bonds. The second-order valence-corrected chi connectivity index (χ2v) is 7.35. The molecule has 2 aliphatic rings. The Labute approximate surface area is 149 Å². The third-order valence-corrected chi connectivity index (χ3v) is 5.13. The number of fused-ring (bicyclic) bond motifs is 1. The Morgan fingerprint density at radius 1 is 1.12 bits per heavy atom. The molecule has 2 atom stereocenters. The molecule has 3 N–H and O–H groups in total. The van der Waals surface area contributed by atoms with Crippen molar-refractivity contribution in [2.24, 2.45) is 11.8 Å². The highest BCUT2D eigenvalue weighted by Gasteiger charge is 2.32. The number of amides is 3. The molecule has 2 heterocycles. The fraction of sp³-hybridized carbons (Fsp3) is 0.579. The number of urea groups is 1. The van der Waals surface area contributed by atoms with Crippen molar-refractivity contribution in [2.75, 3.05) is 31.5 Å². The van der Waals surface area contributed by atoms with E-state index in [1.54, 1.807) is 12.1 Å². The van der Waals surface area contributed by atoms with Crippen LogP contribution < -0.4 is 16.0 Å². The summed E-state index contributed by atoms with van der Waals surface area (Å²) in [4.78, 5) is 27.0. The van der Waals surface area contributed by atoms with Crippen molar-refractivity contribution in [3.8, 4) is 0 Å². The van der Waals surface area contributed by atoms with E-state index in [2.05, 4.69) is 16.0 Å². The first-order chi connectivity index (χ1) is 12.0. The molecule has 2 aliphatic heterocycles. The zero-order valence-corrected chi connectivity index (χ0v) is 15.0. The van der Waals surface area contributed by atoms with E-state index in [0.717, 1.165) is 39.0 Å². The lowest BCUT2D eigenvalue weighted by molar-refractivity contribution is 0.0759. The molecule has 0 aromatic heterocycles. The van der Waals surface area contributed by atoms with Crippen molar-refractivity contribution in [3.63, 3.8) is 0 Å². The van der Waals surface area contributed by atoms with Crippen LogP contribution in [-0.4, -0.2) is 49.1 Å². The van der Waals surface area contributed by atoms with Gasteiger partial charge in [0.15, 0.2) is 0 Å². The first-order valence-electron chi connectivity index (χ1n) is 9.21. The van der Waals surface area contributed by atoms with Crippen molar-refractivity contribution in [1.29, 1.82) is 0 Å². The van der Waals surface area contributed by atoms with Crippen LogP contribution in [0, 0.1) is 11.8 Å². The maximum atomic E-state index is 13.0. The van der Waals surface area contributed by atoms with Crippen molar-refractivity contribution in [2.45, 2.75) is 32.7 Å². The van der Waals surface area contributed by atoms with Crippen LogP contribution in [0.25, 0.3) is 0 Å². The van der Waals surface area contributed by atoms with Gasteiger partial charge in [0, 0.05) is 19.1 Å². The summed E-state index contributed by atoms with van der Waals surface area (Å²) in [6.07, 6.45) is 2.10. The molecule has 6 nitrogen and oxygen atoms in total. The van der Waals surface area contributed by atoms with Gasteiger partial charge in [0.1, 0.15) is 0 Å². The van der Waals surface area contributed by atoms with Gasteiger partial charge < -0.3 is 20.9 Å². The number of hydrogen-bond donors (Lipinski definition) is 3. The maximum absolute atomic E-state index is 13.0. The summed E-state index contributed by atoms with van der Waals surface area (Å²) in [6, 6.07) is 7.01. The summed E-state index contributed by atoms with van der Waals surface area (Å²) < 4.78 is 0. The SMILES string of the molecule is CC(C)NC(=O)Nc1ccccc1C(=O)N1CC[C@@H]2CNC[C@@H]2CC1. The van der Waals surface area contributed by atoms with Gasteiger partial charge in [0.05, 0.1) is 11.3 Å². The minimum Gasteiger partial charge on any atom is -0.339 e.